The summed E-state index contributed by atoms with van der Waals surface area (Å²) in [6, 6.07) is 15.0. The van der Waals surface area contributed by atoms with Crippen molar-refractivity contribution in [1.29, 1.82) is 0 Å². The van der Waals surface area contributed by atoms with Crippen molar-refractivity contribution in [3.05, 3.63) is 71.4 Å². The molecule has 3 aliphatic rings. The number of rotatable bonds is 7. The highest BCUT2D eigenvalue weighted by Crippen LogP contribution is 2.57. The molecule has 1 aromatic heterocycles. The molecule has 2 atom stereocenters. The predicted octanol–water partition coefficient (Wildman–Crippen LogP) is 4.63. The molecule has 194 valence electrons. The Morgan fingerprint density at radius 2 is 1.95 bits per heavy atom. The Kier molecular flexibility index (Phi) is 6.01. The molecule has 7 nitrogen and oxygen atoms in total. The first kappa shape index (κ1) is 24.4. The average Bonchev–Trinajstić information content (AvgIpc) is 3.26. The van der Waals surface area contributed by atoms with Crippen molar-refractivity contribution in [2.24, 2.45) is 5.41 Å². The van der Waals surface area contributed by atoms with E-state index >= 15 is 0 Å². The van der Waals surface area contributed by atoms with Crippen LogP contribution in [0, 0.1) is 5.41 Å². The highest BCUT2D eigenvalue weighted by molar-refractivity contribution is 7.89. The number of piperidine rings is 1. The lowest BCUT2D eigenvalue weighted by atomic mass is 9.66. The molecule has 0 amide bonds. The third-order valence-electron chi connectivity index (χ3n) is 8.42. The molecular weight excluding hydrogens is 486 g/mol. The van der Waals surface area contributed by atoms with Crippen molar-refractivity contribution < 1.29 is 17.9 Å². The monoisotopic (exact) mass is 519 g/mol. The van der Waals surface area contributed by atoms with E-state index < -0.39 is 10.0 Å². The van der Waals surface area contributed by atoms with Gasteiger partial charge in [-0.25, -0.2) is 17.9 Å². The number of nitrogens with zero attached hydrogens (tertiary/aromatic N) is 2. The second-order valence-corrected chi connectivity index (χ2v) is 12.1. The van der Waals surface area contributed by atoms with Crippen LogP contribution in [0.4, 0.5) is 0 Å². The zero-order valence-electron chi connectivity index (χ0n) is 21.4. The molecule has 8 heteroatoms. The second-order valence-electron chi connectivity index (χ2n) is 10.3. The maximum Gasteiger partial charge on any atom is 0.354 e. The van der Waals surface area contributed by atoms with Gasteiger partial charge in [0.05, 0.1) is 23.1 Å². The van der Waals surface area contributed by atoms with Crippen LogP contribution in [-0.2, 0) is 32.5 Å². The average molecular weight is 520 g/mol. The van der Waals surface area contributed by atoms with E-state index in [1.807, 2.05) is 43.3 Å². The maximum absolute atomic E-state index is 13.3. The maximum atomic E-state index is 13.3. The van der Waals surface area contributed by atoms with Crippen molar-refractivity contribution in [2.45, 2.75) is 57.0 Å². The molecular formula is C29H33N3O4S. The summed E-state index contributed by atoms with van der Waals surface area (Å²) in [5.74, 6) is -0.322. The Morgan fingerprint density at radius 1 is 1.14 bits per heavy atom. The lowest BCUT2D eigenvalue weighted by Crippen LogP contribution is -2.51. The smallest absolute Gasteiger partial charge is 0.354 e. The van der Waals surface area contributed by atoms with Crippen LogP contribution < -0.4 is 4.72 Å². The van der Waals surface area contributed by atoms with Gasteiger partial charge in [-0.1, -0.05) is 37.3 Å². The van der Waals surface area contributed by atoms with Gasteiger partial charge in [0.25, 0.3) is 0 Å². The van der Waals surface area contributed by atoms with Crippen LogP contribution >= 0.6 is 0 Å². The highest BCUT2D eigenvalue weighted by Gasteiger charge is 2.51. The number of carbonyl (C=O) groups excluding carboxylic acids is 1. The summed E-state index contributed by atoms with van der Waals surface area (Å²) in [7, 11) is -3.72. The summed E-state index contributed by atoms with van der Waals surface area (Å²) in [6.07, 6.45) is 6.04. The normalized spacial score (nSPS) is 23.0. The minimum absolute atomic E-state index is 0.133. The van der Waals surface area contributed by atoms with Gasteiger partial charge in [-0.15, -0.1) is 0 Å². The van der Waals surface area contributed by atoms with Crippen LogP contribution in [0.15, 0.2) is 59.5 Å². The largest absolute Gasteiger partial charge is 0.461 e. The number of fused-ring (bicyclic) bond motifs is 3. The topological polar surface area (TPSA) is 80.6 Å². The molecule has 0 saturated carbocycles. The first-order valence-electron chi connectivity index (χ1n) is 13.2. The van der Waals surface area contributed by atoms with E-state index in [-0.39, 0.29) is 28.9 Å². The van der Waals surface area contributed by atoms with Crippen molar-refractivity contribution in [2.75, 3.05) is 19.7 Å². The van der Waals surface area contributed by atoms with E-state index in [1.54, 1.807) is 12.1 Å². The van der Waals surface area contributed by atoms with Crippen molar-refractivity contribution in [3.63, 3.8) is 0 Å². The number of benzene rings is 2. The third kappa shape index (κ3) is 3.85. The Labute approximate surface area is 218 Å². The SMILES string of the molecule is CCOC(=O)C1=C[C@]2(CC)CCCN3CCc4c(n1c1ccc(S(=O)(=O)NCc5ccccc5)cc41)[C@@H]32. The zero-order valence-corrected chi connectivity index (χ0v) is 22.2. The third-order valence-corrected chi connectivity index (χ3v) is 9.82. The molecule has 1 fully saturated rings. The van der Waals surface area contributed by atoms with E-state index in [1.165, 1.54) is 0 Å². The number of carbonyl (C=O) groups is 1. The van der Waals surface area contributed by atoms with E-state index in [0.29, 0.717) is 12.3 Å². The number of ether oxygens (including phenoxy) is 1. The summed E-state index contributed by atoms with van der Waals surface area (Å²) in [4.78, 5) is 16.1. The quantitative estimate of drug-likeness (QED) is 0.461. The van der Waals surface area contributed by atoms with Crippen LogP contribution in [0.25, 0.3) is 16.6 Å². The minimum atomic E-state index is -3.72. The molecule has 1 N–H and O–H groups in total. The van der Waals surface area contributed by atoms with Crippen molar-refractivity contribution in [3.8, 4) is 0 Å². The molecule has 0 unspecified atom stereocenters. The van der Waals surface area contributed by atoms with Gasteiger partial charge in [-0.2, -0.15) is 0 Å². The van der Waals surface area contributed by atoms with E-state index in [2.05, 4.69) is 27.2 Å². The standard InChI is InChI=1S/C29H33N3O4S/c1-3-29-14-8-15-31-16-13-22-23-17-21(37(34,35)30-19-20-9-6-5-7-10-20)11-12-24(23)32(26(22)27(29)31)25(18-29)28(33)36-4-2/h5-7,9-12,17-18,27,30H,3-4,8,13-16,19H2,1-2H3/t27-,29+/m1/s1. The molecule has 0 spiro atoms. The molecule has 0 aliphatic carbocycles. The van der Waals surface area contributed by atoms with Crippen LogP contribution in [0.2, 0.25) is 0 Å². The fourth-order valence-electron chi connectivity index (χ4n) is 6.69. The summed E-state index contributed by atoms with van der Waals surface area (Å²) >= 11 is 0. The van der Waals surface area contributed by atoms with Gasteiger partial charge in [-0.05, 0) is 74.6 Å². The first-order chi connectivity index (χ1) is 17.9. The number of hydrogen-bond donors (Lipinski definition) is 1. The van der Waals surface area contributed by atoms with Gasteiger partial charge < -0.3 is 9.30 Å². The van der Waals surface area contributed by atoms with E-state index in [9.17, 15) is 13.2 Å². The van der Waals surface area contributed by atoms with Gasteiger partial charge in [0, 0.05) is 29.6 Å². The van der Waals surface area contributed by atoms with Gasteiger partial charge >= 0.3 is 5.97 Å². The zero-order chi connectivity index (χ0) is 25.8. The molecule has 4 heterocycles. The van der Waals surface area contributed by atoms with Crippen LogP contribution in [0.5, 0.6) is 0 Å². The number of hydrogen-bond acceptors (Lipinski definition) is 5. The van der Waals surface area contributed by atoms with Crippen LogP contribution in [0.3, 0.4) is 0 Å². The molecule has 0 radical (unpaired) electrons. The Morgan fingerprint density at radius 3 is 2.70 bits per heavy atom. The van der Waals surface area contributed by atoms with Gasteiger partial charge in [0.1, 0.15) is 5.70 Å². The number of aromatic nitrogens is 1. The summed E-state index contributed by atoms with van der Waals surface area (Å²) in [5.41, 5.74) is 4.49. The summed E-state index contributed by atoms with van der Waals surface area (Å²) in [5, 5.41) is 0.907. The van der Waals surface area contributed by atoms with Gasteiger partial charge in [0.2, 0.25) is 10.0 Å². The Bertz CT molecular complexity index is 1510. The number of esters is 1. The lowest BCUT2D eigenvalue weighted by molar-refractivity contribution is -0.136. The number of sulfonamides is 1. The second kappa shape index (κ2) is 9.11. The molecule has 37 heavy (non-hydrogen) atoms. The van der Waals surface area contributed by atoms with Crippen molar-refractivity contribution >= 4 is 32.6 Å². The van der Waals surface area contributed by atoms with Gasteiger partial charge in [0.15, 0.2) is 0 Å². The molecule has 3 aliphatic heterocycles. The van der Waals surface area contributed by atoms with E-state index in [0.717, 1.165) is 66.5 Å². The summed E-state index contributed by atoms with van der Waals surface area (Å²) in [6.45, 7) is 6.54. The Balaban J connectivity index is 1.49. The fourth-order valence-corrected chi connectivity index (χ4v) is 7.73. The molecule has 2 aromatic carbocycles. The van der Waals surface area contributed by atoms with Crippen LogP contribution in [-0.4, -0.2) is 43.6 Å². The molecule has 1 saturated heterocycles. The fraction of sp³-hybridized carbons (Fsp3) is 0.414. The highest BCUT2D eigenvalue weighted by atomic mass is 32.2. The Hall–Kier alpha value is -2.94. The summed E-state index contributed by atoms with van der Waals surface area (Å²) < 4.78 is 36.9. The first-order valence-corrected chi connectivity index (χ1v) is 14.7. The number of nitrogens with one attached hydrogen (secondary N) is 1. The minimum Gasteiger partial charge on any atom is -0.461 e. The molecule has 6 rings (SSSR count). The van der Waals surface area contributed by atoms with Gasteiger partial charge in [-0.3, -0.25) is 4.90 Å². The molecule has 0 bridgehead atoms. The van der Waals surface area contributed by atoms with Crippen molar-refractivity contribution in [1.82, 2.24) is 14.2 Å². The van der Waals surface area contributed by atoms with Crippen LogP contribution in [0.1, 0.15) is 56.0 Å². The predicted molar refractivity (Wildman–Crippen MR) is 143 cm³/mol. The van der Waals surface area contributed by atoms with E-state index in [4.69, 9.17) is 4.74 Å². The lowest BCUT2D eigenvalue weighted by Gasteiger charge is -2.53. The molecule has 3 aromatic rings.